The number of hydrogen-bond acceptors (Lipinski definition) is 6. The smallest absolute Gasteiger partial charge is 0.254 e. The zero-order chi connectivity index (χ0) is 24.2. The number of piperidine rings is 1. The number of rotatable bonds is 4. The summed E-state index contributed by atoms with van der Waals surface area (Å²) >= 11 is 0. The van der Waals surface area contributed by atoms with Crippen LogP contribution >= 0.6 is 0 Å². The maximum atomic E-state index is 13.4. The van der Waals surface area contributed by atoms with E-state index >= 15 is 0 Å². The normalized spacial score (nSPS) is 33.9. The lowest BCUT2D eigenvalue weighted by Gasteiger charge is -2.62. The van der Waals surface area contributed by atoms with E-state index in [1.54, 1.807) is 24.7 Å². The molecule has 0 unspecified atom stereocenters. The minimum absolute atomic E-state index is 0.0615. The molecule has 4 N–H and O–H groups in total. The lowest BCUT2D eigenvalue weighted by molar-refractivity contribution is -0.144. The Morgan fingerprint density at radius 1 is 1.31 bits per heavy atom. The number of amides is 1. The fourth-order valence-corrected chi connectivity index (χ4v) is 7.55. The Morgan fingerprint density at radius 3 is 3.06 bits per heavy atom. The Bertz CT molecular complexity index is 1460. The van der Waals surface area contributed by atoms with Gasteiger partial charge < -0.3 is 25.3 Å². The van der Waals surface area contributed by atoms with Crippen LogP contribution in [0.25, 0.3) is 10.9 Å². The molecular formula is C28H28N4O4. The fourth-order valence-electron chi connectivity index (χ4n) is 7.55. The molecule has 2 fully saturated rings. The number of fused-ring (bicyclic) bond motifs is 1. The van der Waals surface area contributed by atoms with Crippen molar-refractivity contribution in [3.8, 4) is 11.5 Å². The summed E-state index contributed by atoms with van der Waals surface area (Å²) in [6, 6.07) is 5.00. The van der Waals surface area contributed by atoms with Crippen LogP contribution in [0.4, 0.5) is 0 Å². The summed E-state index contributed by atoms with van der Waals surface area (Å²) in [5.74, 6) is 1.05. The summed E-state index contributed by atoms with van der Waals surface area (Å²) in [6.45, 7) is 1.87. The van der Waals surface area contributed by atoms with Crippen LogP contribution in [-0.4, -0.2) is 67.9 Å². The molecule has 2 aromatic heterocycles. The molecule has 0 radical (unpaired) electrons. The van der Waals surface area contributed by atoms with E-state index in [1.807, 2.05) is 24.3 Å². The molecule has 8 heteroatoms. The molecule has 1 aromatic carbocycles. The number of H-pyrrole nitrogens is 1. The number of benzene rings is 1. The van der Waals surface area contributed by atoms with Gasteiger partial charge >= 0.3 is 0 Å². The number of nitrogens with one attached hydrogen (secondary N) is 2. The first-order valence-electron chi connectivity index (χ1n) is 12.9. The molecule has 3 aliphatic carbocycles. The second-order valence-corrected chi connectivity index (χ2v) is 11.2. The lowest BCUT2D eigenvalue weighted by Crippen LogP contribution is -2.76. The van der Waals surface area contributed by atoms with Gasteiger partial charge in [-0.2, -0.15) is 0 Å². The number of nitrogens with zero attached hydrogens (tertiary/aromatic N) is 2. The third-order valence-corrected chi connectivity index (χ3v) is 9.37. The summed E-state index contributed by atoms with van der Waals surface area (Å²) in [5, 5.41) is 27.2. The van der Waals surface area contributed by atoms with Crippen molar-refractivity contribution in [1.29, 1.82) is 0 Å². The average Bonchev–Trinajstić information content (AvgIpc) is 3.46. The second-order valence-electron chi connectivity index (χ2n) is 11.2. The van der Waals surface area contributed by atoms with E-state index in [0.717, 1.165) is 41.0 Å². The molecule has 1 spiro atoms. The van der Waals surface area contributed by atoms with Crippen molar-refractivity contribution in [2.24, 2.45) is 5.92 Å². The van der Waals surface area contributed by atoms with Gasteiger partial charge in [-0.3, -0.25) is 14.7 Å². The van der Waals surface area contributed by atoms with Crippen molar-refractivity contribution < 1.29 is 19.7 Å². The van der Waals surface area contributed by atoms with Gasteiger partial charge in [0.05, 0.1) is 17.0 Å². The first kappa shape index (κ1) is 20.8. The van der Waals surface area contributed by atoms with Crippen LogP contribution in [0.2, 0.25) is 0 Å². The number of hydrogen-bond donors (Lipinski definition) is 4. The van der Waals surface area contributed by atoms with Gasteiger partial charge in [0.1, 0.15) is 11.7 Å². The fraction of sp³-hybridized carbons (Fsp3) is 0.429. The molecule has 184 valence electrons. The molecular weight excluding hydrogens is 456 g/mol. The van der Waals surface area contributed by atoms with Gasteiger partial charge in [0.25, 0.3) is 5.91 Å². The van der Waals surface area contributed by atoms with Gasteiger partial charge in [-0.25, -0.2) is 0 Å². The third-order valence-electron chi connectivity index (χ3n) is 9.37. The first-order valence-corrected chi connectivity index (χ1v) is 12.9. The molecule has 36 heavy (non-hydrogen) atoms. The lowest BCUT2D eigenvalue weighted by atomic mass is 9.50. The highest BCUT2D eigenvalue weighted by atomic mass is 16.5. The summed E-state index contributed by atoms with van der Waals surface area (Å²) in [4.78, 5) is 23.2. The van der Waals surface area contributed by atoms with E-state index in [2.05, 4.69) is 20.2 Å². The number of carbonyl (C=O) groups is 1. The van der Waals surface area contributed by atoms with Crippen molar-refractivity contribution >= 4 is 16.8 Å². The van der Waals surface area contributed by atoms with E-state index in [-0.39, 0.29) is 17.7 Å². The minimum atomic E-state index is -1.14. The van der Waals surface area contributed by atoms with E-state index in [4.69, 9.17) is 4.74 Å². The molecule has 4 heterocycles. The summed E-state index contributed by atoms with van der Waals surface area (Å²) in [6.07, 6.45) is 12.3. The number of ether oxygens (including phenoxy) is 1. The van der Waals surface area contributed by atoms with Crippen molar-refractivity contribution in [3.05, 3.63) is 65.6 Å². The van der Waals surface area contributed by atoms with Gasteiger partial charge in [-0.1, -0.05) is 18.2 Å². The number of carbonyl (C=O) groups excluding carboxylic acids is 1. The maximum absolute atomic E-state index is 13.4. The molecule has 3 aromatic rings. The van der Waals surface area contributed by atoms with Crippen molar-refractivity contribution in [1.82, 2.24) is 20.2 Å². The van der Waals surface area contributed by atoms with E-state index in [9.17, 15) is 15.0 Å². The average molecular weight is 485 g/mol. The molecule has 1 amide bonds. The molecule has 2 bridgehead atoms. The molecule has 1 saturated heterocycles. The number of pyridine rings is 1. The van der Waals surface area contributed by atoms with Crippen LogP contribution in [0.5, 0.6) is 11.5 Å². The SMILES string of the molecule is O=C(N[C@H]1C=C[C@@]2(O)[C@H]3Cc4ccc(O)c5c4[C@@]2(CCN3CC2CC2)[C@H]1O5)c1c[nH]c2ccncc12. The first-order chi connectivity index (χ1) is 17.5. The number of aromatic amines is 1. The van der Waals surface area contributed by atoms with E-state index in [0.29, 0.717) is 24.2 Å². The van der Waals surface area contributed by atoms with Crippen molar-refractivity contribution in [3.63, 3.8) is 0 Å². The van der Waals surface area contributed by atoms with E-state index in [1.165, 1.54) is 12.8 Å². The zero-order valence-electron chi connectivity index (χ0n) is 19.8. The largest absolute Gasteiger partial charge is 0.504 e. The summed E-state index contributed by atoms with van der Waals surface area (Å²) < 4.78 is 6.51. The Kier molecular flexibility index (Phi) is 3.98. The van der Waals surface area contributed by atoms with Crippen LogP contribution in [-0.2, 0) is 11.8 Å². The van der Waals surface area contributed by atoms with Crippen LogP contribution < -0.4 is 10.1 Å². The number of aromatic nitrogens is 2. The monoisotopic (exact) mass is 484 g/mol. The zero-order valence-corrected chi connectivity index (χ0v) is 19.8. The van der Waals surface area contributed by atoms with Gasteiger partial charge in [0.15, 0.2) is 11.5 Å². The highest BCUT2D eigenvalue weighted by Gasteiger charge is 2.72. The van der Waals surface area contributed by atoms with Crippen LogP contribution in [0, 0.1) is 5.92 Å². The number of phenolic OH excluding ortho intramolecular Hbond substituents is 1. The predicted octanol–water partition coefficient (Wildman–Crippen LogP) is 2.41. The van der Waals surface area contributed by atoms with Crippen LogP contribution in [0.3, 0.4) is 0 Å². The molecule has 8 rings (SSSR count). The standard InChI is InChI=1S/C28H28N4O4/c33-21-4-3-16-11-22-28(35)7-5-20(31-26(34)18-13-30-19-6-9-29-12-17(18)19)25-27(28,23(16)24(21)36-25)8-10-32(22)14-15-1-2-15/h3-7,9,12-13,15,20,22,25,30,33,35H,1-2,8,10-11,14H2,(H,31,34)/t20-,22+,25-,27-,28+/m0/s1. The minimum Gasteiger partial charge on any atom is -0.504 e. The van der Waals surface area contributed by atoms with E-state index < -0.39 is 23.2 Å². The molecule has 1 saturated carbocycles. The Labute approximate surface area is 208 Å². The Balaban J connectivity index is 1.22. The highest BCUT2D eigenvalue weighted by Crippen LogP contribution is 2.64. The molecule has 5 atom stereocenters. The topological polar surface area (TPSA) is 111 Å². The third kappa shape index (κ3) is 2.51. The summed E-state index contributed by atoms with van der Waals surface area (Å²) in [7, 11) is 0. The van der Waals surface area contributed by atoms with Crippen molar-refractivity contribution in [2.45, 2.75) is 54.9 Å². The maximum Gasteiger partial charge on any atom is 0.254 e. The quantitative estimate of drug-likeness (QED) is 0.424. The number of aromatic hydroxyl groups is 1. The number of likely N-dealkylation sites (tertiary alicyclic amines) is 1. The van der Waals surface area contributed by atoms with Gasteiger partial charge in [-0.05, 0) is 55.8 Å². The van der Waals surface area contributed by atoms with Crippen molar-refractivity contribution in [2.75, 3.05) is 13.1 Å². The van der Waals surface area contributed by atoms with Gasteiger partial charge in [-0.15, -0.1) is 0 Å². The number of aliphatic hydroxyl groups is 1. The number of phenols is 1. The molecule has 5 aliphatic rings. The summed E-state index contributed by atoms with van der Waals surface area (Å²) in [5.41, 5.74) is 1.56. The highest BCUT2D eigenvalue weighted by molar-refractivity contribution is 6.06. The Morgan fingerprint density at radius 2 is 2.19 bits per heavy atom. The van der Waals surface area contributed by atoms with Gasteiger partial charge in [0, 0.05) is 47.6 Å². The molecule has 8 nitrogen and oxygen atoms in total. The van der Waals surface area contributed by atoms with Crippen LogP contribution in [0.1, 0.15) is 40.7 Å². The Hall–Kier alpha value is -3.36. The predicted molar refractivity (Wildman–Crippen MR) is 132 cm³/mol. The van der Waals surface area contributed by atoms with Gasteiger partial charge in [0.2, 0.25) is 0 Å². The molecule has 2 aliphatic heterocycles. The second kappa shape index (κ2) is 6.89. The van der Waals surface area contributed by atoms with Crippen LogP contribution in [0.15, 0.2) is 48.9 Å².